The molecule has 1 aliphatic rings. The van der Waals surface area contributed by atoms with Gasteiger partial charge in [-0.2, -0.15) is 0 Å². The summed E-state index contributed by atoms with van der Waals surface area (Å²) >= 11 is 0. The van der Waals surface area contributed by atoms with Gasteiger partial charge in [0.1, 0.15) is 11.9 Å². The molecule has 1 amide bonds. The summed E-state index contributed by atoms with van der Waals surface area (Å²) in [5, 5.41) is 3.57. The maximum Gasteiger partial charge on any atom is 0.256 e. The normalized spacial score (nSPS) is 16.1. The average Bonchev–Trinajstić information content (AvgIpc) is 3.25. The smallest absolute Gasteiger partial charge is 0.256 e. The molecule has 4 nitrogen and oxygen atoms in total. The third-order valence-corrected chi connectivity index (χ3v) is 4.66. The molecule has 0 saturated heterocycles. The number of aryl methyl sites for hydroxylation is 1. The van der Waals surface area contributed by atoms with E-state index in [9.17, 15) is 4.79 Å². The predicted octanol–water partition coefficient (Wildman–Crippen LogP) is 4.61. The molecule has 0 aliphatic carbocycles. The van der Waals surface area contributed by atoms with Crippen molar-refractivity contribution in [2.75, 3.05) is 5.32 Å². The summed E-state index contributed by atoms with van der Waals surface area (Å²) < 4.78 is 5.46. The van der Waals surface area contributed by atoms with Crippen molar-refractivity contribution in [2.45, 2.75) is 26.1 Å². The number of anilines is 1. The average molecular weight is 332 g/mol. The number of hydrogen-bond donors (Lipinski definition) is 1. The molecule has 0 radical (unpaired) electrons. The quantitative estimate of drug-likeness (QED) is 0.742. The number of fused-ring (bicyclic) bond motifs is 1. The fraction of sp³-hybridized carbons (Fsp3) is 0.190. The van der Waals surface area contributed by atoms with E-state index in [4.69, 9.17) is 4.42 Å². The fourth-order valence-corrected chi connectivity index (χ4v) is 3.38. The van der Waals surface area contributed by atoms with E-state index in [0.29, 0.717) is 6.54 Å². The Kier molecular flexibility index (Phi) is 4.02. The van der Waals surface area contributed by atoms with E-state index >= 15 is 0 Å². The van der Waals surface area contributed by atoms with Crippen LogP contribution in [0.25, 0.3) is 0 Å². The Bertz CT molecular complexity index is 886. The Morgan fingerprint density at radius 2 is 1.84 bits per heavy atom. The van der Waals surface area contributed by atoms with Crippen LogP contribution in [0.4, 0.5) is 5.69 Å². The van der Waals surface area contributed by atoms with Gasteiger partial charge in [0, 0.05) is 16.8 Å². The third kappa shape index (κ3) is 2.80. The van der Waals surface area contributed by atoms with Gasteiger partial charge in [0.05, 0.1) is 12.8 Å². The molecule has 126 valence electrons. The lowest BCUT2D eigenvalue weighted by Crippen LogP contribution is -2.32. The van der Waals surface area contributed by atoms with E-state index in [0.717, 1.165) is 29.0 Å². The molecule has 1 N–H and O–H groups in total. The molecule has 1 atom stereocenters. The zero-order valence-electron chi connectivity index (χ0n) is 14.1. The van der Waals surface area contributed by atoms with E-state index in [2.05, 4.69) is 24.4 Å². The van der Waals surface area contributed by atoms with E-state index in [1.807, 2.05) is 53.4 Å². The molecule has 3 aromatic rings. The summed E-state index contributed by atoms with van der Waals surface area (Å²) in [5.41, 5.74) is 4.05. The lowest BCUT2D eigenvalue weighted by atomic mass is 10.1. The lowest BCUT2D eigenvalue weighted by Gasteiger charge is -2.27. The Morgan fingerprint density at radius 1 is 1.04 bits per heavy atom. The van der Waals surface area contributed by atoms with E-state index in [1.54, 1.807) is 6.26 Å². The van der Waals surface area contributed by atoms with Crippen LogP contribution in [0.3, 0.4) is 0 Å². The van der Waals surface area contributed by atoms with Crippen molar-refractivity contribution in [1.29, 1.82) is 0 Å². The van der Waals surface area contributed by atoms with Gasteiger partial charge in [0.2, 0.25) is 0 Å². The van der Waals surface area contributed by atoms with Crippen LogP contribution in [0.1, 0.15) is 40.3 Å². The van der Waals surface area contributed by atoms with Crippen LogP contribution in [0, 0.1) is 0 Å². The number of carbonyl (C=O) groups excluding carboxylic acids is 1. The molecule has 1 aromatic heterocycles. The van der Waals surface area contributed by atoms with Crippen molar-refractivity contribution >= 4 is 11.6 Å². The second-order valence-corrected chi connectivity index (χ2v) is 6.16. The lowest BCUT2D eigenvalue weighted by molar-refractivity contribution is 0.0715. The van der Waals surface area contributed by atoms with Crippen molar-refractivity contribution < 1.29 is 9.21 Å². The molecule has 0 saturated carbocycles. The Balaban J connectivity index is 1.71. The van der Waals surface area contributed by atoms with Gasteiger partial charge in [0.15, 0.2) is 0 Å². The molecule has 1 aliphatic heterocycles. The number of amides is 1. The Morgan fingerprint density at radius 3 is 2.64 bits per heavy atom. The maximum atomic E-state index is 12.9. The summed E-state index contributed by atoms with van der Waals surface area (Å²) in [4.78, 5) is 14.8. The summed E-state index contributed by atoms with van der Waals surface area (Å²) in [6.07, 6.45) is 2.36. The number of para-hydroxylation sites is 1. The highest BCUT2D eigenvalue weighted by molar-refractivity contribution is 5.99. The van der Waals surface area contributed by atoms with Gasteiger partial charge in [-0.15, -0.1) is 0 Å². The first-order valence-corrected chi connectivity index (χ1v) is 8.54. The van der Waals surface area contributed by atoms with Crippen LogP contribution in [0.2, 0.25) is 0 Å². The number of benzene rings is 2. The fourth-order valence-electron chi connectivity index (χ4n) is 3.38. The first-order chi connectivity index (χ1) is 12.3. The topological polar surface area (TPSA) is 45.5 Å². The molecule has 4 rings (SSSR count). The van der Waals surface area contributed by atoms with Crippen LogP contribution in [-0.4, -0.2) is 10.8 Å². The van der Waals surface area contributed by atoms with Gasteiger partial charge in [-0.05, 0) is 36.2 Å². The first kappa shape index (κ1) is 15.5. The van der Waals surface area contributed by atoms with Crippen LogP contribution >= 0.6 is 0 Å². The van der Waals surface area contributed by atoms with Crippen molar-refractivity contribution in [3.8, 4) is 0 Å². The maximum absolute atomic E-state index is 12.9. The van der Waals surface area contributed by atoms with Crippen LogP contribution in [0.15, 0.2) is 71.3 Å². The minimum atomic E-state index is -0.207. The highest BCUT2D eigenvalue weighted by atomic mass is 16.3. The van der Waals surface area contributed by atoms with Crippen molar-refractivity contribution in [3.05, 3.63) is 89.4 Å². The number of nitrogens with one attached hydrogen (secondary N) is 1. The molecule has 0 spiro atoms. The summed E-state index contributed by atoms with van der Waals surface area (Å²) in [7, 11) is 0. The number of hydrogen-bond acceptors (Lipinski definition) is 3. The van der Waals surface area contributed by atoms with Crippen molar-refractivity contribution in [1.82, 2.24) is 4.90 Å². The standard InChI is InChI=1S/C21H20N2O2/c1-2-15-8-3-6-12-19(15)22-20-17-10-4-5-11-18(17)21(24)23(20)14-16-9-7-13-25-16/h3-13,20,22H,2,14H2,1H3/t20-/m1/s1. The van der Waals surface area contributed by atoms with E-state index in [-0.39, 0.29) is 12.1 Å². The number of nitrogens with zero attached hydrogens (tertiary/aromatic N) is 1. The molecule has 4 heteroatoms. The first-order valence-electron chi connectivity index (χ1n) is 8.54. The predicted molar refractivity (Wildman–Crippen MR) is 97.2 cm³/mol. The Hall–Kier alpha value is -3.01. The van der Waals surface area contributed by atoms with Crippen LogP contribution in [-0.2, 0) is 13.0 Å². The molecule has 0 unspecified atom stereocenters. The monoisotopic (exact) mass is 332 g/mol. The van der Waals surface area contributed by atoms with Gasteiger partial charge in [0.25, 0.3) is 5.91 Å². The van der Waals surface area contributed by atoms with E-state index in [1.165, 1.54) is 5.56 Å². The van der Waals surface area contributed by atoms with Gasteiger partial charge in [-0.25, -0.2) is 0 Å². The molecule has 25 heavy (non-hydrogen) atoms. The second-order valence-electron chi connectivity index (χ2n) is 6.16. The van der Waals surface area contributed by atoms with E-state index < -0.39 is 0 Å². The molecule has 0 fully saturated rings. The van der Waals surface area contributed by atoms with Gasteiger partial charge in [-0.3, -0.25) is 4.79 Å². The number of carbonyl (C=O) groups is 1. The SMILES string of the molecule is CCc1ccccc1N[C@H]1c2ccccc2C(=O)N1Cc1ccco1. The van der Waals surface area contributed by atoms with Crippen LogP contribution < -0.4 is 5.32 Å². The van der Waals surface area contributed by atoms with Crippen molar-refractivity contribution in [3.63, 3.8) is 0 Å². The minimum Gasteiger partial charge on any atom is -0.467 e. The zero-order valence-corrected chi connectivity index (χ0v) is 14.1. The summed E-state index contributed by atoms with van der Waals surface area (Å²) in [6, 6.07) is 19.8. The third-order valence-electron chi connectivity index (χ3n) is 4.66. The van der Waals surface area contributed by atoms with Gasteiger partial charge < -0.3 is 14.6 Å². The Labute approximate surface area is 147 Å². The highest BCUT2D eigenvalue weighted by Gasteiger charge is 2.37. The summed E-state index contributed by atoms with van der Waals surface area (Å²) in [6.45, 7) is 2.57. The van der Waals surface area contributed by atoms with Gasteiger partial charge >= 0.3 is 0 Å². The molecule has 2 heterocycles. The molecule has 0 bridgehead atoms. The minimum absolute atomic E-state index is 0.0264. The number of rotatable bonds is 5. The summed E-state index contributed by atoms with van der Waals surface area (Å²) in [5.74, 6) is 0.801. The molecular formula is C21H20N2O2. The largest absolute Gasteiger partial charge is 0.467 e. The van der Waals surface area contributed by atoms with Crippen molar-refractivity contribution in [2.24, 2.45) is 0 Å². The molecular weight excluding hydrogens is 312 g/mol. The number of furan rings is 1. The highest BCUT2D eigenvalue weighted by Crippen LogP contribution is 2.36. The van der Waals surface area contributed by atoms with Gasteiger partial charge in [-0.1, -0.05) is 43.3 Å². The molecule has 2 aromatic carbocycles. The second kappa shape index (κ2) is 6.48. The zero-order chi connectivity index (χ0) is 17.2. The van der Waals surface area contributed by atoms with Crippen LogP contribution in [0.5, 0.6) is 0 Å².